The lowest BCUT2D eigenvalue weighted by atomic mass is 9.71. The lowest BCUT2D eigenvalue weighted by molar-refractivity contribution is -0.147. The van der Waals surface area contributed by atoms with Gasteiger partial charge in [-0.25, -0.2) is 5.48 Å². The molecule has 2 aliphatic carbocycles. The van der Waals surface area contributed by atoms with Gasteiger partial charge in [0.1, 0.15) is 0 Å². The van der Waals surface area contributed by atoms with E-state index >= 15 is 0 Å². The molecule has 5 nitrogen and oxygen atoms in total. The molecule has 1 aromatic carbocycles. The van der Waals surface area contributed by atoms with Crippen molar-refractivity contribution in [1.82, 2.24) is 10.4 Å². The second-order valence-corrected chi connectivity index (χ2v) is 8.11. The highest BCUT2D eigenvalue weighted by Crippen LogP contribution is 2.59. The number of hydrogen-bond acceptors (Lipinski definition) is 3. The first-order valence-electron chi connectivity index (χ1n) is 9.40. The van der Waals surface area contributed by atoms with Crippen LogP contribution in [0.5, 0.6) is 0 Å². The van der Waals surface area contributed by atoms with Gasteiger partial charge in [0.15, 0.2) is 0 Å². The maximum Gasteiger partial charge on any atom is 0.247 e. The number of likely N-dealkylation sites (tertiary alicyclic amines) is 1. The maximum absolute atomic E-state index is 13.1. The molecule has 2 N–H and O–H groups in total. The Labute approximate surface area is 148 Å². The van der Waals surface area contributed by atoms with E-state index < -0.39 is 0 Å². The van der Waals surface area contributed by atoms with Gasteiger partial charge in [0.2, 0.25) is 11.8 Å². The van der Waals surface area contributed by atoms with Crippen molar-refractivity contribution in [2.45, 2.75) is 44.4 Å². The van der Waals surface area contributed by atoms with E-state index in [0.717, 1.165) is 51.6 Å². The van der Waals surface area contributed by atoms with E-state index in [4.69, 9.17) is 5.21 Å². The van der Waals surface area contributed by atoms with Crippen molar-refractivity contribution in [2.24, 2.45) is 17.3 Å². The van der Waals surface area contributed by atoms with Gasteiger partial charge in [-0.1, -0.05) is 30.3 Å². The standard InChI is InChI=1S/C20H26N2O3/c23-18(21-25)17-12-20(9-10-20)8-6-16(17)19(24)22-11-7-15(13-22)14-4-2-1-3-5-14/h1-5,15-17,25H,6-13H2,(H,21,23)/t15-,16-,17?/m0/s1. The second-order valence-electron chi connectivity index (χ2n) is 8.11. The monoisotopic (exact) mass is 342 g/mol. The van der Waals surface area contributed by atoms with Crippen molar-refractivity contribution < 1.29 is 14.8 Å². The normalized spacial score (nSPS) is 30.3. The lowest BCUT2D eigenvalue weighted by Crippen LogP contribution is -2.46. The van der Waals surface area contributed by atoms with E-state index in [2.05, 4.69) is 12.1 Å². The van der Waals surface area contributed by atoms with Gasteiger partial charge in [-0.3, -0.25) is 14.8 Å². The van der Waals surface area contributed by atoms with Crippen LogP contribution in [0.2, 0.25) is 0 Å². The zero-order chi connectivity index (χ0) is 17.4. The minimum absolute atomic E-state index is 0.0996. The largest absolute Gasteiger partial charge is 0.342 e. The third-order valence-corrected chi connectivity index (χ3v) is 6.62. The van der Waals surface area contributed by atoms with Crippen LogP contribution in [0.15, 0.2) is 30.3 Å². The van der Waals surface area contributed by atoms with Crippen LogP contribution in [0, 0.1) is 17.3 Å². The van der Waals surface area contributed by atoms with Gasteiger partial charge in [0, 0.05) is 24.9 Å². The molecule has 2 amide bonds. The molecule has 0 bridgehead atoms. The highest BCUT2D eigenvalue weighted by molar-refractivity contribution is 5.87. The molecule has 5 heteroatoms. The lowest BCUT2D eigenvalue weighted by Gasteiger charge is -2.36. The SMILES string of the molecule is O=C(NO)C1CC2(CC[C@@H]1C(=O)N1CC[C@H](c3ccccc3)C1)CC2. The van der Waals surface area contributed by atoms with Crippen LogP contribution in [-0.4, -0.2) is 35.0 Å². The average molecular weight is 342 g/mol. The fraction of sp³-hybridized carbons (Fsp3) is 0.600. The summed E-state index contributed by atoms with van der Waals surface area (Å²) in [7, 11) is 0. The van der Waals surface area contributed by atoms with E-state index in [1.165, 1.54) is 5.56 Å². The van der Waals surface area contributed by atoms with Crippen LogP contribution in [0.25, 0.3) is 0 Å². The minimum Gasteiger partial charge on any atom is -0.342 e. The van der Waals surface area contributed by atoms with Gasteiger partial charge < -0.3 is 4.90 Å². The second kappa shape index (κ2) is 6.45. The topological polar surface area (TPSA) is 69.6 Å². The quantitative estimate of drug-likeness (QED) is 0.655. The van der Waals surface area contributed by atoms with Crippen LogP contribution in [0.4, 0.5) is 0 Å². The minimum atomic E-state index is -0.386. The Morgan fingerprint density at radius 3 is 2.52 bits per heavy atom. The Bertz CT molecular complexity index is 656. The molecule has 134 valence electrons. The Morgan fingerprint density at radius 1 is 1.08 bits per heavy atom. The van der Waals surface area contributed by atoms with Gasteiger partial charge in [-0.05, 0) is 49.5 Å². The van der Waals surface area contributed by atoms with Gasteiger partial charge in [-0.2, -0.15) is 0 Å². The Kier molecular flexibility index (Phi) is 4.28. The van der Waals surface area contributed by atoms with E-state index in [9.17, 15) is 9.59 Å². The molecule has 1 saturated heterocycles. The number of rotatable bonds is 3. The van der Waals surface area contributed by atoms with E-state index in [1.807, 2.05) is 23.1 Å². The molecule has 1 heterocycles. The number of nitrogens with one attached hydrogen (secondary N) is 1. The molecule has 1 aromatic rings. The molecule has 25 heavy (non-hydrogen) atoms. The molecule has 1 unspecified atom stereocenters. The predicted molar refractivity (Wildman–Crippen MR) is 92.8 cm³/mol. The first-order chi connectivity index (χ1) is 12.1. The molecule has 3 atom stereocenters. The van der Waals surface area contributed by atoms with Crippen molar-refractivity contribution in [1.29, 1.82) is 0 Å². The highest BCUT2D eigenvalue weighted by Gasteiger charge is 2.52. The summed E-state index contributed by atoms with van der Waals surface area (Å²) >= 11 is 0. The van der Waals surface area contributed by atoms with Crippen LogP contribution >= 0.6 is 0 Å². The van der Waals surface area contributed by atoms with Crippen molar-refractivity contribution in [3.8, 4) is 0 Å². The summed E-state index contributed by atoms with van der Waals surface area (Å²) in [5.74, 6) is -0.572. The van der Waals surface area contributed by atoms with Gasteiger partial charge in [0.05, 0.1) is 5.92 Å². The van der Waals surface area contributed by atoms with Crippen LogP contribution < -0.4 is 5.48 Å². The number of carbonyl (C=O) groups excluding carboxylic acids is 2. The summed E-state index contributed by atoms with van der Waals surface area (Å²) in [6, 6.07) is 10.3. The maximum atomic E-state index is 13.1. The number of hydroxylamine groups is 1. The smallest absolute Gasteiger partial charge is 0.247 e. The molecule has 0 radical (unpaired) electrons. The van der Waals surface area contributed by atoms with E-state index in [0.29, 0.717) is 5.92 Å². The Hall–Kier alpha value is -1.88. The number of carbonyl (C=O) groups is 2. The van der Waals surface area contributed by atoms with Crippen LogP contribution in [0.3, 0.4) is 0 Å². The third kappa shape index (κ3) is 3.17. The van der Waals surface area contributed by atoms with Crippen LogP contribution in [-0.2, 0) is 9.59 Å². The fourth-order valence-electron chi connectivity index (χ4n) is 4.85. The van der Waals surface area contributed by atoms with Crippen molar-refractivity contribution >= 4 is 11.8 Å². The Balaban J connectivity index is 1.45. The molecule has 1 spiro atoms. The summed E-state index contributed by atoms with van der Waals surface area (Å²) in [6.45, 7) is 1.49. The average Bonchev–Trinajstić information content (AvgIpc) is 3.22. The number of hydrogen-bond donors (Lipinski definition) is 2. The molecule has 2 saturated carbocycles. The highest BCUT2D eigenvalue weighted by atomic mass is 16.5. The first kappa shape index (κ1) is 16.6. The summed E-state index contributed by atoms with van der Waals surface area (Å²) < 4.78 is 0. The van der Waals surface area contributed by atoms with Gasteiger partial charge in [-0.15, -0.1) is 0 Å². The fourth-order valence-corrected chi connectivity index (χ4v) is 4.85. The zero-order valence-electron chi connectivity index (χ0n) is 14.5. The summed E-state index contributed by atoms with van der Waals surface area (Å²) in [6.07, 6.45) is 5.83. The van der Waals surface area contributed by atoms with E-state index in [1.54, 1.807) is 5.48 Å². The molecule has 3 fully saturated rings. The molecule has 0 aromatic heterocycles. The first-order valence-corrected chi connectivity index (χ1v) is 9.40. The number of nitrogens with zero attached hydrogens (tertiary/aromatic N) is 1. The van der Waals surface area contributed by atoms with Gasteiger partial charge >= 0.3 is 0 Å². The molecule has 1 aliphatic heterocycles. The van der Waals surface area contributed by atoms with Gasteiger partial charge in [0.25, 0.3) is 0 Å². The van der Waals surface area contributed by atoms with Crippen molar-refractivity contribution in [3.05, 3.63) is 35.9 Å². The molecule has 3 aliphatic rings. The predicted octanol–water partition coefficient (Wildman–Crippen LogP) is 2.70. The van der Waals surface area contributed by atoms with Crippen LogP contribution in [0.1, 0.15) is 50.0 Å². The van der Waals surface area contributed by atoms with E-state index in [-0.39, 0.29) is 29.1 Å². The summed E-state index contributed by atoms with van der Waals surface area (Å²) in [4.78, 5) is 27.2. The van der Waals surface area contributed by atoms with Crippen molar-refractivity contribution in [3.63, 3.8) is 0 Å². The molecular formula is C20H26N2O3. The number of benzene rings is 1. The number of amides is 2. The zero-order valence-corrected chi connectivity index (χ0v) is 14.5. The summed E-state index contributed by atoms with van der Waals surface area (Å²) in [5.41, 5.74) is 3.35. The molecular weight excluding hydrogens is 316 g/mol. The summed E-state index contributed by atoms with van der Waals surface area (Å²) in [5, 5.41) is 9.11. The van der Waals surface area contributed by atoms with Crippen molar-refractivity contribution in [2.75, 3.05) is 13.1 Å². The third-order valence-electron chi connectivity index (χ3n) is 6.62. The Morgan fingerprint density at radius 2 is 1.84 bits per heavy atom. The molecule has 4 rings (SSSR count).